The van der Waals surface area contributed by atoms with Crippen LogP contribution in [0.15, 0.2) is 83.8 Å². The molecule has 0 saturated carbocycles. The number of benzene rings is 3. The summed E-state index contributed by atoms with van der Waals surface area (Å²) in [5.41, 5.74) is 3.25. The van der Waals surface area contributed by atoms with Crippen LogP contribution < -0.4 is 10.0 Å². The van der Waals surface area contributed by atoms with E-state index in [0.29, 0.717) is 24.3 Å². The fourth-order valence-electron chi connectivity index (χ4n) is 4.64. The molecule has 1 fully saturated rings. The topological polar surface area (TPSA) is 81.8 Å². The second kappa shape index (κ2) is 11.7. The molecule has 1 atom stereocenters. The molecule has 8 heteroatoms. The van der Waals surface area contributed by atoms with Crippen molar-refractivity contribution in [1.82, 2.24) is 15.1 Å². The number of hydrogen-bond donors (Lipinski definition) is 2. The summed E-state index contributed by atoms with van der Waals surface area (Å²) >= 11 is 0. The van der Waals surface area contributed by atoms with Gasteiger partial charge >= 0.3 is 0 Å². The standard InChI is InChI=1S/C28H34N4O3S/c1-3-31(4-2)28(33)23-15-13-22(14-16-23)27(32-19-17-29-18-20-32)24-9-8-10-25(21-24)30-36(34,35)26-11-6-5-7-12-26/h5-16,21,27,29-30H,3-4,17-20H2,1-2H3/t27-/m0/s1. The van der Waals surface area contributed by atoms with Gasteiger partial charge in [0.05, 0.1) is 10.9 Å². The summed E-state index contributed by atoms with van der Waals surface area (Å²) in [4.78, 5) is 17.2. The van der Waals surface area contributed by atoms with E-state index in [4.69, 9.17) is 0 Å². The monoisotopic (exact) mass is 506 g/mol. The number of hydrogen-bond acceptors (Lipinski definition) is 5. The van der Waals surface area contributed by atoms with Crippen molar-refractivity contribution in [2.75, 3.05) is 44.0 Å². The molecule has 190 valence electrons. The highest BCUT2D eigenvalue weighted by molar-refractivity contribution is 7.92. The highest BCUT2D eigenvalue weighted by atomic mass is 32.2. The largest absolute Gasteiger partial charge is 0.339 e. The molecule has 2 N–H and O–H groups in total. The Balaban J connectivity index is 1.65. The van der Waals surface area contributed by atoms with E-state index in [0.717, 1.165) is 37.3 Å². The minimum absolute atomic E-state index is 0.0302. The van der Waals surface area contributed by atoms with Crippen molar-refractivity contribution < 1.29 is 13.2 Å². The summed E-state index contributed by atoms with van der Waals surface area (Å²) < 4.78 is 28.5. The smallest absolute Gasteiger partial charge is 0.261 e. The second-order valence-corrected chi connectivity index (χ2v) is 10.5. The van der Waals surface area contributed by atoms with Crippen LogP contribution in [0.2, 0.25) is 0 Å². The van der Waals surface area contributed by atoms with E-state index < -0.39 is 10.0 Å². The van der Waals surface area contributed by atoms with E-state index in [9.17, 15) is 13.2 Å². The first-order valence-corrected chi connectivity index (χ1v) is 13.9. The van der Waals surface area contributed by atoms with Crippen LogP contribution in [0, 0.1) is 0 Å². The summed E-state index contributed by atoms with van der Waals surface area (Å²) in [7, 11) is -3.69. The molecule has 0 unspecified atom stereocenters. The van der Waals surface area contributed by atoms with Gasteiger partial charge in [0.2, 0.25) is 0 Å². The number of nitrogens with one attached hydrogen (secondary N) is 2. The van der Waals surface area contributed by atoms with Gasteiger partial charge in [0.15, 0.2) is 0 Å². The van der Waals surface area contributed by atoms with Crippen LogP contribution >= 0.6 is 0 Å². The molecule has 1 aliphatic rings. The zero-order valence-corrected chi connectivity index (χ0v) is 21.7. The van der Waals surface area contributed by atoms with E-state index in [1.54, 1.807) is 36.4 Å². The molecule has 1 heterocycles. The Kier molecular flexibility index (Phi) is 8.40. The molecule has 1 saturated heterocycles. The van der Waals surface area contributed by atoms with Crippen molar-refractivity contribution in [2.45, 2.75) is 24.8 Å². The lowest BCUT2D eigenvalue weighted by atomic mass is 9.95. The molecule has 0 bridgehead atoms. The maximum absolute atomic E-state index is 12.9. The molecule has 1 aliphatic heterocycles. The molecule has 0 radical (unpaired) electrons. The van der Waals surface area contributed by atoms with Crippen molar-refractivity contribution in [2.24, 2.45) is 0 Å². The first-order valence-electron chi connectivity index (χ1n) is 12.4. The van der Waals surface area contributed by atoms with Gasteiger partial charge in [-0.05, 0) is 61.4 Å². The summed E-state index contributed by atoms with van der Waals surface area (Å²) in [6, 6.07) is 23.7. The minimum Gasteiger partial charge on any atom is -0.339 e. The summed E-state index contributed by atoms with van der Waals surface area (Å²) in [5.74, 6) is 0.0302. The van der Waals surface area contributed by atoms with Gasteiger partial charge in [-0.2, -0.15) is 0 Å². The number of amides is 1. The molecule has 1 amide bonds. The van der Waals surface area contributed by atoms with Gasteiger partial charge in [0, 0.05) is 50.5 Å². The SMILES string of the molecule is CCN(CC)C(=O)c1ccc([C@@H](c2cccc(NS(=O)(=O)c3ccccc3)c2)N2CCNCC2)cc1. The lowest BCUT2D eigenvalue weighted by Crippen LogP contribution is -2.45. The first-order chi connectivity index (χ1) is 17.4. The molecular weight excluding hydrogens is 472 g/mol. The number of carbonyl (C=O) groups is 1. The lowest BCUT2D eigenvalue weighted by Gasteiger charge is -2.36. The molecule has 3 aromatic rings. The Morgan fingerprint density at radius 3 is 2.22 bits per heavy atom. The Morgan fingerprint density at radius 1 is 0.917 bits per heavy atom. The van der Waals surface area contributed by atoms with Gasteiger partial charge in [0.25, 0.3) is 15.9 Å². The third kappa shape index (κ3) is 5.95. The predicted octanol–water partition coefficient (Wildman–Crippen LogP) is 3.96. The number of sulfonamides is 1. The number of rotatable bonds is 9. The van der Waals surface area contributed by atoms with Crippen LogP contribution in [0.3, 0.4) is 0 Å². The van der Waals surface area contributed by atoms with E-state index >= 15 is 0 Å². The van der Waals surface area contributed by atoms with E-state index in [1.165, 1.54) is 0 Å². The van der Waals surface area contributed by atoms with Crippen LogP contribution in [-0.2, 0) is 10.0 Å². The van der Waals surface area contributed by atoms with Crippen LogP contribution in [0.5, 0.6) is 0 Å². The molecule has 0 aliphatic carbocycles. The van der Waals surface area contributed by atoms with Crippen molar-refractivity contribution in [3.05, 3.63) is 95.6 Å². The summed E-state index contributed by atoms with van der Waals surface area (Å²) in [6.07, 6.45) is 0. The fraction of sp³-hybridized carbons (Fsp3) is 0.321. The molecule has 7 nitrogen and oxygen atoms in total. The van der Waals surface area contributed by atoms with E-state index in [2.05, 4.69) is 14.9 Å². The molecule has 3 aromatic carbocycles. The van der Waals surface area contributed by atoms with Gasteiger partial charge in [-0.15, -0.1) is 0 Å². The van der Waals surface area contributed by atoms with Gasteiger partial charge in [0.1, 0.15) is 0 Å². The fourth-order valence-corrected chi connectivity index (χ4v) is 5.71. The lowest BCUT2D eigenvalue weighted by molar-refractivity contribution is 0.0773. The highest BCUT2D eigenvalue weighted by Crippen LogP contribution is 2.31. The zero-order chi connectivity index (χ0) is 25.5. The molecule has 4 rings (SSSR count). The van der Waals surface area contributed by atoms with Crippen molar-refractivity contribution in [3.63, 3.8) is 0 Å². The minimum atomic E-state index is -3.69. The van der Waals surface area contributed by atoms with Crippen LogP contribution in [0.4, 0.5) is 5.69 Å². The summed E-state index contributed by atoms with van der Waals surface area (Å²) in [5, 5.41) is 3.40. The third-order valence-electron chi connectivity index (χ3n) is 6.55. The third-order valence-corrected chi connectivity index (χ3v) is 7.95. The van der Waals surface area contributed by atoms with Crippen molar-refractivity contribution in [1.29, 1.82) is 0 Å². The summed E-state index contributed by atoms with van der Waals surface area (Å²) in [6.45, 7) is 8.81. The van der Waals surface area contributed by atoms with E-state index in [-0.39, 0.29) is 16.8 Å². The number of anilines is 1. The highest BCUT2D eigenvalue weighted by Gasteiger charge is 2.25. The number of carbonyl (C=O) groups excluding carboxylic acids is 1. The van der Waals surface area contributed by atoms with Gasteiger partial charge in [-0.25, -0.2) is 8.42 Å². The van der Waals surface area contributed by atoms with E-state index in [1.807, 2.05) is 61.2 Å². The molecular formula is C28H34N4O3S. The van der Waals surface area contributed by atoms with Crippen molar-refractivity contribution in [3.8, 4) is 0 Å². The first kappa shape index (κ1) is 25.9. The Morgan fingerprint density at radius 2 is 1.58 bits per heavy atom. The average Bonchev–Trinajstić information content (AvgIpc) is 2.91. The quantitative estimate of drug-likeness (QED) is 0.459. The maximum Gasteiger partial charge on any atom is 0.261 e. The Hall–Kier alpha value is -3.20. The van der Waals surface area contributed by atoms with Gasteiger partial charge in [-0.1, -0.05) is 42.5 Å². The van der Waals surface area contributed by atoms with Crippen LogP contribution in [-0.4, -0.2) is 63.4 Å². The zero-order valence-electron chi connectivity index (χ0n) is 20.9. The second-order valence-electron chi connectivity index (χ2n) is 8.83. The molecule has 0 aromatic heterocycles. The predicted molar refractivity (Wildman–Crippen MR) is 144 cm³/mol. The van der Waals surface area contributed by atoms with Gasteiger partial charge < -0.3 is 10.2 Å². The number of piperazine rings is 1. The van der Waals surface area contributed by atoms with Crippen LogP contribution in [0.25, 0.3) is 0 Å². The number of nitrogens with zero attached hydrogens (tertiary/aromatic N) is 2. The Bertz CT molecular complexity index is 1250. The van der Waals surface area contributed by atoms with Gasteiger partial charge in [-0.3, -0.25) is 14.4 Å². The normalized spacial score (nSPS) is 15.3. The van der Waals surface area contributed by atoms with Crippen LogP contribution in [0.1, 0.15) is 41.4 Å². The van der Waals surface area contributed by atoms with Crippen molar-refractivity contribution >= 4 is 21.6 Å². The Labute approximate surface area is 214 Å². The molecule has 36 heavy (non-hydrogen) atoms. The maximum atomic E-state index is 12.9. The molecule has 0 spiro atoms. The average molecular weight is 507 g/mol.